The van der Waals surface area contributed by atoms with Gasteiger partial charge < -0.3 is 15.4 Å². The largest absolute Gasteiger partial charge is 0.463 e. The number of carbonyl (C=O) groups is 1. The summed E-state index contributed by atoms with van der Waals surface area (Å²) < 4.78 is 5.01. The molecule has 0 aliphatic carbocycles. The van der Waals surface area contributed by atoms with Crippen molar-refractivity contribution in [2.24, 2.45) is 10.7 Å². The minimum absolute atomic E-state index is 0.0667. The van der Waals surface area contributed by atoms with Crippen LogP contribution in [-0.4, -0.2) is 54.1 Å². The van der Waals surface area contributed by atoms with E-state index in [1.807, 2.05) is 25.6 Å². The third-order valence-electron chi connectivity index (χ3n) is 2.29. The molecule has 1 aliphatic heterocycles. The van der Waals surface area contributed by atoms with Crippen LogP contribution in [0.3, 0.4) is 0 Å². The molecule has 1 fully saturated rings. The Labute approximate surface area is 107 Å². The van der Waals surface area contributed by atoms with Crippen molar-refractivity contribution >= 4 is 23.7 Å². The summed E-state index contributed by atoms with van der Waals surface area (Å²) in [5.41, 5.74) is 5.85. The average molecular weight is 259 g/mol. The molecule has 1 rings (SSSR count). The standard InChI is InChI=1S/C11H21N3O2S/c1-9(2)16-10(15)3-4-13-11(12)14-5-7-17-8-6-14/h9H,3-8H2,1-2H3,(H2,12,13). The van der Waals surface area contributed by atoms with E-state index in [-0.39, 0.29) is 12.1 Å². The lowest BCUT2D eigenvalue weighted by molar-refractivity contribution is -0.147. The maximum Gasteiger partial charge on any atom is 0.307 e. The SMILES string of the molecule is CC(C)OC(=O)CCN=C(N)N1CCSCC1. The first-order valence-corrected chi connectivity index (χ1v) is 7.07. The average Bonchev–Trinajstić information content (AvgIpc) is 2.29. The fourth-order valence-electron chi connectivity index (χ4n) is 1.48. The van der Waals surface area contributed by atoms with Gasteiger partial charge in [-0.25, -0.2) is 0 Å². The summed E-state index contributed by atoms with van der Waals surface area (Å²) in [6.45, 7) is 5.95. The van der Waals surface area contributed by atoms with Crippen LogP contribution in [0, 0.1) is 0 Å². The molecular formula is C11H21N3O2S. The monoisotopic (exact) mass is 259 g/mol. The fraction of sp³-hybridized carbons (Fsp3) is 0.818. The van der Waals surface area contributed by atoms with Crippen LogP contribution in [0.4, 0.5) is 0 Å². The number of hydrogen-bond donors (Lipinski definition) is 1. The van der Waals surface area contributed by atoms with Crippen molar-refractivity contribution in [3.63, 3.8) is 0 Å². The Hall–Kier alpha value is -0.910. The Kier molecular flexibility index (Phi) is 6.18. The van der Waals surface area contributed by atoms with Gasteiger partial charge in [0.2, 0.25) is 0 Å². The number of nitrogens with zero attached hydrogens (tertiary/aromatic N) is 2. The summed E-state index contributed by atoms with van der Waals surface area (Å²) in [6.07, 6.45) is 0.226. The van der Waals surface area contributed by atoms with E-state index < -0.39 is 0 Å². The van der Waals surface area contributed by atoms with E-state index in [9.17, 15) is 4.79 Å². The zero-order valence-electron chi connectivity index (χ0n) is 10.5. The normalized spacial score (nSPS) is 17.4. The Morgan fingerprint density at radius 1 is 1.47 bits per heavy atom. The molecule has 2 N–H and O–H groups in total. The van der Waals surface area contributed by atoms with Gasteiger partial charge in [0.05, 0.1) is 19.1 Å². The third kappa shape index (κ3) is 5.81. The molecule has 1 saturated heterocycles. The molecular weight excluding hydrogens is 238 g/mol. The Morgan fingerprint density at radius 3 is 2.71 bits per heavy atom. The number of esters is 1. The van der Waals surface area contributed by atoms with Crippen LogP contribution in [0.5, 0.6) is 0 Å². The molecule has 1 aliphatic rings. The lowest BCUT2D eigenvalue weighted by Crippen LogP contribution is -2.42. The van der Waals surface area contributed by atoms with Gasteiger partial charge in [-0.05, 0) is 13.8 Å². The molecule has 17 heavy (non-hydrogen) atoms. The number of hydrogen-bond acceptors (Lipinski definition) is 4. The van der Waals surface area contributed by atoms with Gasteiger partial charge in [-0.1, -0.05) is 0 Å². The summed E-state index contributed by atoms with van der Waals surface area (Å²) in [5, 5.41) is 0. The summed E-state index contributed by atoms with van der Waals surface area (Å²) in [7, 11) is 0. The van der Waals surface area contributed by atoms with Crippen molar-refractivity contribution in [2.45, 2.75) is 26.4 Å². The second-order valence-electron chi connectivity index (χ2n) is 4.13. The molecule has 0 radical (unpaired) electrons. The molecule has 0 unspecified atom stereocenters. The molecule has 6 heteroatoms. The van der Waals surface area contributed by atoms with Crippen LogP contribution >= 0.6 is 11.8 Å². The predicted molar refractivity (Wildman–Crippen MR) is 71.2 cm³/mol. The van der Waals surface area contributed by atoms with Gasteiger partial charge in [0.25, 0.3) is 0 Å². The van der Waals surface area contributed by atoms with E-state index in [2.05, 4.69) is 9.89 Å². The van der Waals surface area contributed by atoms with Crippen molar-refractivity contribution in [3.8, 4) is 0 Å². The highest BCUT2D eigenvalue weighted by atomic mass is 32.2. The van der Waals surface area contributed by atoms with E-state index in [1.165, 1.54) is 0 Å². The summed E-state index contributed by atoms with van der Waals surface area (Å²) in [4.78, 5) is 17.5. The van der Waals surface area contributed by atoms with Crippen LogP contribution in [0.1, 0.15) is 20.3 Å². The topological polar surface area (TPSA) is 67.9 Å². The quantitative estimate of drug-likeness (QED) is 0.457. The van der Waals surface area contributed by atoms with E-state index >= 15 is 0 Å². The molecule has 0 aromatic carbocycles. The number of thioether (sulfide) groups is 1. The van der Waals surface area contributed by atoms with E-state index in [0.29, 0.717) is 18.9 Å². The molecule has 0 bridgehead atoms. The molecule has 5 nitrogen and oxygen atoms in total. The number of rotatable bonds is 4. The number of nitrogens with two attached hydrogens (primary N) is 1. The van der Waals surface area contributed by atoms with Gasteiger partial charge in [-0.15, -0.1) is 0 Å². The van der Waals surface area contributed by atoms with Crippen LogP contribution in [0.2, 0.25) is 0 Å². The fourth-order valence-corrected chi connectivity index (χ4v) is 2.38. The first-order chi connectivity index (χ1) is 8.09. The minimum atomic E-state index is -0.217. The van der Waals surface area contributed by atoms with Gasteiger partial charge in [0, 0.05) is 24.6 Å². The first-order valence-electron chi connectivity index (χ1n) is 5.91. The Balaban J connectivity index is 2.25. The molecule has 0 atom stereocenters. The molecule has 1 heterocycles. The molecule has 0 aromatic heterocycles. The van der Waals surface area contributed by atoms with Crippen LogP contribution < -0.4 is 5.73 Å². The van der Waals surface area contributed by atoms with Gasteiger partial charge in [0.1, 0.15) is 0 Å². The highest BCUT2D eigenvalue weighted by Gasteiger charge is 2.12. The van der Waals surface area contributed by atoms with E-state index in [4.69, 9.17) is 10.5 Å². The second kappa shape index (κ2) is 7.42. The van der Waals surface area contributed by atoms with Gasteiger partial charge in [0.15, 0.2) is 5.96 Å². The highest BCUT2D eigenvalue weighted by molar-refractivity contribution is 7.99. The zero-order chi connectivity index (χ0) is 12.7. The number of carbonyl (C=O) groups excluding carboxylic acids is 1. The van der Waals surface area contributed by atoms with Crippen molar-refractivity contribution in [1.82, 2.24) is 4.90 Å². The lowest BCUT2D eigenvalue weighted by atomic mass is 10.4. The van der Waals surface area contributed by atoms with Crippen LogP contribution in [0.15, 0.2) is 4.99 Å². The third-order valence-corrected chi connectivity index (χ3v) is 3.23. The van der Waals surface area contributed by atoms with Gasteiger partial charge >= 0.3 is 5.97 Å². The van der Waals surface area contributed by atoms with Crippen LogP contribution in [0.25, 0.3) is 0 Å². The van der Waals surface area contributed by atoms with Gasteiger partial charge in [-0.2, -0.15) is 11.8 Å². The molecule has 0 aromatic rings. The summed E-state index contributed by atoms with van der Waals surface area (Å²) in [5.74, 6) is 2.51. The van der Waals surface area contributed by atoms with Crippen molar-refractivity contribution in [1.29, 1.82) is 0 Å². The second-order valence-corrected chi connectivity index (χ2v) is 5.35. The summed E-state index contributed by atoms with van der Waals surface area (Å²) >= 11 is 1.93. The van der Waals surface area contributed by atoms with Crippen molar-refractivity contribution in [2.75, 3.05) is 31.1 Å². The summed E-state index contributed by atoms with van der Waals surface area (Å²) in [6, 6.07) is 0. The Morgan fingerprint density at radius 2 is 2.12 bits per heavy atom. The number of aliphatic imine (C=N–C) groups is 1. The number of guanidine groups is 1. The van der Waals surface area contributed by atoms with E-state index in [0.717, 1.165) is 24.6 Å². The smallest absolute Gasteiger partial charge is 0.307 e. The predicted octanol–water partition coefficient (Wildman–Crippen LogP) is 0.692. The molecule has 98 valence electrons. The maximum absolute atomic E-state index is 11.3. The maximum atomic E-state index is 11.3. The Bertz CT molecular complexity index is 276. The van der Waals surface area contributed by atoms with Crippen molar-refractivity contribution < 1.29 is 9.53 Å². The zero-order valence-corrected chi connectivity index (χ0v) is 11.3. The van der Waals surface area contributed by atoms with Gasteiger partial charge in [-0.3, -0.25) is 9.79 Å². The molecule has 0 spiro atoms. The highest BCUT2D eigenvalue weighted by Crippen LogP contribution is 2.08. The van der Waals surface area contributed by atoms with Crippen LogP contribution in [-0.2, 0) is 9.53 Å². The number of ether oxygens (including phenoxy) is 1. The lowest BCUT2D eigenvalue weighted by Gasteiger charge is -2.27. The van der Waals surface area contributed by atoms with Crippen molar-refractivity contribution in [3.05, 3.63) is 0 Å². The molecule has 0 saturated carbocycles. The van der Waals surface area contributed by atoms with E-state index in [1.54, 1.807) is 0 Å². The molecule has 0 amide bonds. The minimum Gasteiger partial charge on any atom is -0.463 e. The first kappa shape index (κ1) is 14.2.